The van der Waals surface area contributed by atoms with E-state index in [0.29, 0.717) is 6.04 Å². The molecule has 2 rings (SSSR count). The van der Waals surface area contributed by atoms with Crippen molar-refractivity contribution in [3.05, 3.63) is 39.9 Å². The molecule has 1 aromatic carbocycles. The van der Waals surface area contributed by atoms with E-state index in [0.717, 1.165) is 31.6 Å². The zero-order chi connectivity index (χ0) is 12.3. The van der Waals surface area contributed by atoms with Gasteiger partial charge in [-0.1, -0.05) is 12.1 Å². The third-order valence-corrected chi connectivity index (χ3v) is 3.28. The smallest absolute Gasteiger partial charge is 0.269 e. The first-order chi connectivity index (χ1) is 8.16. The van der Waals surface area contributed by atoms with E-state index in [-0.39, 0.29) is 10.6 Å². The van der Waals surface area contributed by atoms with Crippen molar-refractivity contribution in [1.29, 1.82) is 0 Å². The third kappa shape index (κ3) is 3.01. The Morgan fingerprint density at radius 3 is 2.53 bits per heavy atom. The second-order valence-electron chi connectivity index (χ2n) is 4.47. The molecule has 0 radical (unpaired) electrons. The first kappa shape index (κ1) is 12.0. The lowest BCUT2D eigenvalue weighted by Gasteiger charge is -2.35. The highest BCUT2D eigenvalue weighted by Crippen LogP contribution is 2.13. The number of nitro benzene ring substituents is 1. The number of nitrogens with one attached hydrogen (secondary N) is 1. The Morgan fingerprint density at radius 2 is 2.06 bits per heavy atom. The van der Waals surface area contributed by atoms with Crippen molar-refractivity contribution in [2.45, 2.75) is 12.5 Å². The maximum atomic E-state index is 10.5. The molecule has 5 heteroatoms. The molecule has 1 heterocycles. The molecular formula is C12H17N3O2. The minimum atomic E-state index is -0.365. The number of nitro groups is 1. The molecule has 1 fully saturated rings. The second kappa shape index (κ2) is 5.25. The van der Waals surface area contributed by atoms with Crippen LogP contribution in [-0.2, 0) is 6.42 Å². The number of likely N-dealkylation sites (N-methyl/N-ethyl adjacent to an activating group) is 1. The molecule has 1 N–H and O–H groups in total. The van der Waals surface area contributed by atoms with E-state index in [4.69, 9.17) is 0 Å². The highest BCUT2D eigenvalue weighted by Gasteiger charge is 2.20. The molecule has 0 saturated carbocycles. The van der Waals surface area contributed by atoms with Gasteiger partial charge in [-0.15, -0.1) is 0 Å². The van der Waals surface area contributed by atoms with Gasteiger partial charge in [-0.25, -0.2) is 0 Å². The van der Waals surface area contributed by atoms with Crippen LogP contribution >= 0.6 is 0 Å². The van der Waals surface area contributed by atoms with Crippen LogP contribution in [0, 0.1) is 10.1 Å². The summed E-state index contributed by atoms with van der Waals surface area (Å²) in [5.74, 6) is 0. The summed E-state index contributed by atoms with van der Waals surface area (Å²) in [5, 5.41) is 13.7. The van der Waals surface area contributed by atoms with E-state index < -0.39 is 0 Å². The number of benzene rings is 1. The molecule has 1 aromatic rings. The monoisotopic (exact) mass is 235 g/mol. The lowest BCUT2D eigenvalue weighted by atomic mass is 10.1. The van der Waals surface area contributed by atoms with Crippen molar-refractivity contribution in [1.82, 2.24) is 10.2 Å². The summed E-state index contributed by atoms with van der Waals surface area (Å²) in [7, 11) is 2.12. The van der Waals surface area contributed by atoms with Gasteiger partial charge in [-0.3, -0.25) is 10.1 Å². The van der Waals surface area contributed by atoms with Crippen LogP contribution in [0.2, 0.25) is 0 Å². The Hall–Kier alpha value is -1.46. The van der Waals surface area contributed by atoms with Gasteiger partial charge >= 0.3 is 0 Å². The van der Waals surface area contributed by atoms with E-state index in [1.165, 1.54) is 0 Å². The molecule has 5 nitrogen and oxygen atoms in total. The number of non-ortho nitro benzene ring substituents is 1. The van der Waals surface area contributed by atoms with Crippen molar-refractivity contribution in [3.8, 4) is 0 Å². The van der Waals surface area contributed by atoms with Gasteiger partial charge in [0, 0.05) is 37.8 Å². The number of nitrogens with zero attached hydrogens (tertiary/aromatic N) is 2. The fraction of sp³-hybridized carbons (Fsp3) is 0.500. The molecule has 0 aliphatic carbocycles. The maximum Gasteiger partial charge on any atom is 0.269 e. The molecule has 1 aliphatic rings. The van der Waals surface area contributed by atoms with E-state index in [1.807, 2.05) is 12.1 Å². The van der Waals surface area contributed by atoms with Crippen LogP contribution in [0.25, 0.3) is 0 Å². The second-order valence-corrected chi connectivity index (χ2v) is 4.47. The zero-order valence-electron chi connectivity index (χ0n) is 9.93. The number of hydrogen-bond acceptors (Lipinski definition) is 4. The van der Waals surface area contributed by atoms with Gasteiger partial charge in [0.25, 0.3) is 5.69 Å². The molecule has 1 aliphatic heterocycles. The predicted molar refractivity (Wildman–Crippen MR) is 66.1 cm³/mol. The normalized spacial score (nSPS) is 15.9. The first-order valence-electron chi connectivity index (χ1n) is 5.81. The van der Waals surface area contributed by atoms with Gasteiger partial charge in [0.15, 0.2) is 0 Å². The molecule has 92 valence electrons. The molecular weight excluding hydrogens is 218 g/mol. The van der Waals surface area contributed by atoms with E-state index in [9.17, 15) is 10.1 Å². The SMILES string of the molecule is CN(CCc1ccc([N+](=O)[O-])cc1)C1CNC1. The van der Waals surface area contributed by atoms with Crippen LogP contribution < -0.4 is 5.32 Å². The first-order valence-corrected chi connectivity index (χ1v) is 5.81. The summed E-state index contributed by atoms with van der Waals surface area (Å²) in [4.78, 5) is 12.5. The molecule has 0 atom stereocenters. The van der Waals surface area contributed by atoms with Gasteiger partial charge in [0.2, 0.25) is 0 Å². The Kier molecular flexibility index (Phi) is 3.71. The molecule has 17 heavy (non-hydrogen) atoms. The van der Waals surface area contributed by atoms with Crippen molar-refractivity contribution < 1.29 is 4.92 Å². The topological polar surface area (TPSA) is 58.4 Å². The Morgan fingerprint density at radius 1 is 1.41 bits per heavy atom. The van der Waals surface area contributed by atoms with E-state index in [1.54, 1.807) is 12.1 Å². The molecule has 0 unspecified atom stereocenters. The molecule has 0 bridgehead atoms. The molecule has 0 spiro atoms. The van der Waals surface area contributed by atoms with E-state index in [2.05, 4.69) is 17.3 Å². The van der Waals surface area contributed by atoms with Crippen molar-refractivity contribution in [2.24, 2.45) is 0 Å². The van der Waals surface area contributed by atoms with Crippen molar-refractivity contribution in [2.75, 3.05) is 26.7 Å². The van der Waals surface area contributed by atoms with Crippen LogP contribution in [0.4, 0.5) is 5.69 Å². The minimum absolute atomic E-state index is 0.158. The minimum Gasteiger partial charge on any atom is -0.314 e. The fourth-order valence-corrected chi connectivity index (χ4v) is 1.86. The largest absolute Gasteiger partial charge is 0.314 e. The summed E-state index contributed by atoms with van der Waals surface area (Å²) in [6.45, 7) is 3.12. The van der Waals surface area contributed by atoms with Crippen LogP contribution in [0.15, 0.2) is 24.3 Å². The van der Waals surface area contributed by atoms with Crippen LogP contribution in [0.5, 0.6) is 0 Å². The quantitative estimate of drug-likeness (QED) is 0.612. The summed E-state index contributed by atoms with van der Waals surface area (Å²) < 4.78 is 0. The van der Waals surface area contributed by atoms with Gasteiger partial charge < -0.3 is 10.2 Å². The Labute approximate surface area is 101 Å². The van der Waals surface area contributed by atoms with Crippen LogP contribution in [0.3, 0.4) is 0 Å². The van der Waals surface area contributed by atoms with Crippen LogP contribution in [-0.4, -0.2) is 42.5 Å². The summed E-state index contributed by atoms with van der Waals surface area (Å²) >= 11 is 0. The Bertz CT molecular complexity index is 387. The average Bonchev–Trinajstić information content (AvgIpc) is 2.24. The molecule has 1 saturated heterocycles. The standard InChI is InChI=1S/C12H17N3O2/c1-14(12-8-13-9-12)7-6-10-2-4-11(5-3-10)15(16)17/h2-5,12-13H,6-9H2,1H3. The van der Waals surface area contributed by atoms with Gasteiger partial charge in [-0.2, -0.15) is 0 Å². The fourth-order valence-electron chi connectivity index (χ4n) is 1.86. The van der Waals surface area contributed by atoms with Gasteiger partial charge in [0.1, 0.15) is 0 Å². The van der Waals surface area contributed by atoms with Gasteiger partial charge in [-0.05, 0) is 19.0 Å². The third-order valence-electron chi connectivity index (χ3n) is 3.28. The number of rotatable bonds is 5. The van der Waals surface area contributed by atoms with Crippen molar-refractivity contribution in [3.63, 3.8) is 0 Å². The lowest BCUT2D eigenvalue weighted by molar-refractivity contribution is -0.384. The highest BCUT2D eigenvalue weighted by molar-refractivity contribution is 5.32. The van der Waals surface area contributed by atoms with Crippen molar-refractivity contribution >= 4 is 5.69 Å². The molecule has 0 aromatic heterocycles. The summed E-state index contributed by atoms with van der Waals surface area (Å²) in [6.07, 6.45) is 0.936. The molecule has 0 amide bonds. The van der Waals surface area contributed by atoms with E-state index >= 15 is 0 Å². The number of hydrogen-bond donors (Lipinski definition) is 1. The highest BCUT2D eigenvalue weighted by atomic mass is 16.6. The maximum absolute atomic E-state index is 10.5. The van der Waals surface area contributed by atoms with Crippen LogP contribution in [0.1, 0.15) is 5.56 Å². The lowest BCUT2D eigenvalue weighted by Crippen LogP contribution is -2.56. The summed E-state index contributed by atoms with van der Waals surface area (Å²) in [5.41, 5.74) is 1.31. The average molecular weight is 235 g/mol. The summed E-state index contributed by atoms with van der Waals surface area (Å²) in [6, 6.07) is 7.46. The Balaban J connectivity index is 1.84. The predicted octanol–water partition coefficient (Wildman–Crippen LogP) is 1.04. The zero-order valence-corrected chi connectivity index (χ0v) is 9.93. The van der Waals surface area contributed by atoms with Gasteiger partial charge in [0.05, 0.1) is 4.92 Å².